The monoisotopic (exact) mass is 594 g/mol. The van der Waals surface area contributed by atoms with Crippen molar-refractivity contribution in [1.29, 1.82) is 0 Å². The third-order valence-corrected chi connectivity index (χ3v) is 7.28. The summed E-state index contributed by atoms with van der Waals surface area (Å²) in [7, 11) is 0. The quantitative estimate of drug-likeness (QED) is 0.271. The molecule has 0 unspecified atom stereocenters. The molecule has 4 aromatic heterocycles. The number of rotatable bonds is 6. The zero-order chi connectivity index (χ0) is 30.4. The van der Waals surface area contributed by atoms with E-state index in [2.05, 4.69) is 35.4 Å². The number of anilines is 2. The number of ether oxygens (including phenoxy) is 1. The normalized spacial score (nSPS) is 14.1. The molecule has 2 aromatic carbocycles. The SMILES string of the molecule is CC(C)(C)OC(=O)Cn1cnc2c(-n3nc(-c4nn[nH]n4)c4ccccc43)nc(N3CCN(c4ccc(O)cc4)CC3)nc21. The van der Waals surface area contributed by atoms with Gasteiger partial charge in [-0.3, -0.25) is 4.79 Å². The first-order valence-corrected chi connectivity index (χ1v) is 14.2. The van der Waals surface area contributed by atoms with Crippen LogP contribution in [0.15, 0.2) is 54.9 Å². The number of para-hydroxylation sites is 1. The summed E-state index contributed by atoms with van der Waals surface area (Å²) in [6, 6.07) is 14.9. The molecular weight excluding hydrogens is 564 g/mol. The lowest BCUT2D eigenvalue weighted by Crippen LogP contribution is -2.47. The summed E-state index contributed by atoms with van der Waals surface area (Å²) < 4.78 is 8.97. The number of esters is 1. The standard InChI is InChI=1S/C29H30N12O3/c1-29(2,3)44-22(43)16-40-17-30-24-26(40)31-28(39-14-12-38(13-15-39)18-8-10-19(42)11-9-18)32-27(24)41-21-7-5-4-6-20(21)23(35-41)25-33-36-37-34-25/h4-11,17,42H,12-16H2,1-3H3,(H,33,34,36,37). The van der Waals surface area contributed by atoms with Crippen molar-refractivity contribution in [2.45, 2.75) is 32.9 Å². The van der Waals surface area contributed by atoms with Gasteiger partial charge in [-0.1, -0.05) is 18.2 Å². The molecule has 6 aromatic rings. The summed E-state index contributed by atoms with van der Waals surface area (Å²) in [6.07, 6.45) is 1.57. The molecule has 0 amide bonds. The molecule has 0 atom stereocenters. The number of nitrogens with one attached hydrogen (secondary N) is 1. The molecule has 0 aliphatic carbocycles. The fourth-order valence-electron chi connectivity index (χ4n) is 5.32. The molecule has 1 saturated heterocycles. The second-order valence-electron chi connectivity index (χ2n) is 11.5. The van der Waals surface area contributed by atoms with Crippen LogP contribution in [-0.2, 0) is 16.1 Å². The molecular formula is C29H30N12O3. The molecule has 0 bridgehead atoms. The van der Waals surface area contributed by atoms with Crippen LogP contribution in [0.2, 0.25) is 0 Å². The van der Waals surface area contributed by atoms with Crippen LogP contribution in [0.4, 0.5) is 11.6 Å². The Labute approximate surface area is 251 Å². The lowest BCUT2D eigenvalue weighted by molar-refractivity contribution is -0.155. The van der Waals surface area contributed by atoms with Crippen LogP contribution in [0, 0.1) is 0 Å². The summed E-state index contributed by atoms with van der Waals surface area (Å²) in [5.74, 6) is 1.14. The van der Waals surface area contributed by atoms with Crippen molar-refractivity contribution >= 4 is 39.7 Å². The zero-order valence-corrected chi connectivity index (χ0v) is 24.4. The van der Waals surface area contributed by atoms with Gasteiger partial charge in [0.25, 0.3) is 0 Å². The van der Waals surface area contributed by atoms with E-state index < -0.39 is 11.6 Å². The largest absolute Gasteiger partial charge is 0.508 e. The first kappa shape index (κ1) is 27.2. The van der Waals surface area contributed by atoms with E-state index in [0.717, 1.165) is 29.7 Å². The van der Waals surface area contributed by atoms with Gasteiger partial charge < -0.3 is 24.2 Å². The number of aromatic nitrogens is 10. The van der Waals surface area contributed by atoms with Crippen LogP contribution in [0.5, 0.6) is 5.75 Å². The Morgan fingerprint density at radius 3 is 2.48 bits per heavy atom. The number of H-pyrrole nitrogens is 1. The third-order valence-electron chi connectivity index (χ3n) is 7.28. The number of hydrogen-bond acceptors (Lipinski definition) is 12. The van der Waals surface area contributed by atoms with Crippen LogP contribution in [0.3, 0.4) is 0 Å². The highest BCUT2D eigenvalue weighted by Crippen LogP contribution is 2.30. The van der Waals surface area contributed by atoms with Gasteiger partial charge in [0.2, 0.25) is 11.8 Å². The van der Waals surface area contributed by atoms with Crippen molar-refractivity contribution < 1.29 is 14.6 Å². The Hall–Kier alpha value is -5.60. The maximum absolute atomic E-state index is 12.8. The highest BCUT2D eigenvalue weighted by molar-refractivity contribution is 5.94. The number of carbonyl (C=O) groups is 1. The molecule has 15 nitrogen and oxygen atoms in total. The molecule has 1 aliphatic rings. The van der Waals surface area contributed by atoms with Crippen molar-refractivity contribution in [3.8, 4) is 23.1 Å². The number of phenolic OH excluding ortho intramolecular Hbond substituents is 1. The maximum Gasteiger partial charge on any atom is 0.326 e. The van der Waals surface area contributed by atoms with Gasteiger partial charge in [0, 0.05) is 37.3 Å². The molecule has 44 heavy (non-hydrogen) atoms. The summed E-state index contributed by atoms with van der Waals surface area (Å²) in [6.45, 7) is 8.19. The molecule has 224 valence electrons. The number of fused-ring (bicyclic) bond motifs is 2. The number of carbonyl (C=O) groups excluding carboxylic acids is 1. The number of hydrogen-bond donors (Lipinski definition) is 2. The molecule has 5 heterocycles. The van der Waals surface area contributed by atoms with Crippen LogP contribution < -0.4 is 9.80 Å². The highest BCUT2D eigenvalue weighted by atomic mass is 16.6. The molecule has 15 heteroatoms. The molecule has 7 rings (SSSR count). The van der Waals surface area contributed by atoms with Gasteiger partial charge in [-0.05, 0) is 56.3 Å². The zero-order valence-electron chi connectivity index (χ0n) is 24.4. The number of nitrogens with zero attached hydrogens (tertiary/aromatic N) is 11. The second-order valence-corrected chi connectivity index (χ2v) is 11.5. The number of aromatic amines is 1. The average Bonchev–Trinajstić information content (AvgIpc) is 3.76. The molecule has 0 radical (unpaired) electrons. The first-order chi connectivity index (χ1) is 21.2. The van der Waals surface area contributed by atoms with E-state index in [-0.39, 0.29) is 12.3 Å². The summed E-state index contributed by atoms with van der Waals surface area (Å²) in [5, 5.41) is 29.9. The summed E-state index contributed by atoms with van der Waals surface area (Å²) in [4.78, 5) is 31.7. The highest BCUT2D eigenvalue weighted by Gasteiger charge is 2.26. The van der Waals surface area contributed by atoms with Crippen LogP contribution in [0.1, 0.15) is 20.8 Å². The van der Waals surface area contributed by atoms with Gasteiger partial charge in [-0.25, -0.2) is 9.67 Å². The van der Waals surface area contributed by atoms with E-state index in [0.29, 0.717) is 47.5 Å². The molecule has 0 saturated carbocycles. The van der Waals surface area contributed by atoms with Gasteiger partial charge >= 0.3 is 5.97 Å². The Morgan fingerprint density at radius 1 is 1.00 bits per heavy atom. The van der Waals surface area contributed by atoms with Gasteiger partial charge in [0.05, 0.1) is 11.8 Å². The summed E-state index contributed by atoms with van der Waals surface area (Å²) >= 11 is 0. The van der Waals surface area contributed by atoms with Gasteiger partial charge in [-0.15, -0.1) is 10.2 Å². The van der Waals surface area contributed by atoms with E-state index in [9.17, 15) is 9.90 Å². The fraction of sp³-hybridized carbons (Fsp3) is 0.310. The Balaban J connectivity index is 1.31. The second kappa shape index (κ2) is 10.6. The molecule has 1 fully saturated rings. The lowest BCUT2D eigenvalue weighted by atomic mass is 10.2. The number of phenols is 1. The van der Waals surface area contributed by atoms with E-state index >= 15 is 0 Å². The Morgan fingerprint density at radius 2 is 1.75 bits per heavy atom. The predicted molar refractivity (Wildman–Crippen MR) is 162 cm³/mol. The van der Waals surface area contributed by atoms with Gasteiger partial charge in [-0.2, -0.15) is 20.3 Å². The van der Waals surface area contributed by atoms with Gasteiger partial charge in [0.1, 0.15) is 23.6 Å². The van der Waals surface area contributed by atoms with Crippen molar-refractivity contribution in [2.24, 2.45) is 0 Å². The maximum atomic E-state index is 12.8. The van der Waals surface area contributed by atoms with Crippen molar-refractivity contribution in [2.75, 3.05) is 36.0 Å². The van der Waals surface area contributed by atoms with E-state index in [1.807, 2.05) is 57.2 Å². The van der Waals surface area contributed by atoms with Crippen molar-refractivity contribution in [3.63, 3.8) is 0 Å². The van der Waals surface area contributed by atoms with E-state index in [1.165, 1.54) is 0 Å². The van der Waals surface area contributed by atoms with Crippen LogP contribution >= 0.6 is 0 Å². The van der Waals surface area contributed by atoms with Crippen molar-refractivity contribution in [3.05, 3.63) is 54.9 Å². The third kappa shape index (κ3) is 5.12. The van der Waals surface area contributed by atoms with Crippen LogP contribution in [0.25, 0.3) is 39.4 Å². The minimum atomic E-state index is -0.629. The number of benzene rings is 2. The van der Waals surface area contributed by atoms with Gasteiger partial charge in [0.15, 0.2) is 17.0 Å². The van der Waals surface area contributed by atoms with E-state index in [4.69, 9.17) is 19.8 Å². The number of piperazine rings is 1. The fourth-order valence-corrected chi connectivity index (χ4v) is 5.32. The Bertz CT molecular complexity index is 1950. The van der Waals surface area contributed by atoms with E-state index in [1.54, 1.807) is 27.7 Å². The smallest absolute Gasteiger partial charge is 0.326 e. The Kier molecular flexibility index (Phi) is 6.56. The minimum Gasteiger partial charge on any atom is -0.508 e. The summed E-state index contributed by atoms with van der Waals surface area (Å²) in [5.41, 5.74) is 2.68. The number of tetrazole rings is 1. The first-order valence-electron chi connectivity index (χ1n) is 14.2. The topological polar surface area (TPSA) is 169 Å². The molecule has 2 N–H and O–H groups in total. The minimum absolute atomic E-state index is 0.0632. The van der Waals surface area contributed by atoms with Crippen molar-refractivity contribution in [1.82, 2.24) is 49.9 Å². The predicted octanol–water partition coefficient (Wildman–Crippen LogP) is 2.72. The van der Waals surface area contributed by atoms with Crippen LogP contribution in [-0.4, -0.2) is 92.8 Å². The number of aromatic hydroxyl groups is 1. The molecule has 1 aliphatic heterocycles. The number of imidazole rings is 1. The molecule has 0 spiro atoms. The lowest BCUT2D eigenvalue weighted by Gasteiger charge is -2.36. The average molecular weight is 595 g/mol.